The molecule has 4 nitrogen and oxygen atoms in total. The molecule has 1 aliphatic heterocycles. The van der Waals surface area contributed by atoms with Crippen molar-refractivity contribution in [2.45, 2.75) is 116 Å². The molecule has 3 N–H and O–H groups in total. The summed E-state index contributed by atoms with van der Waals surface area (Å²) in [5.41, 5.74) is 5.93. The number of hydrogen-bond acceptors (Lipinski definition) is 3. The number of unbranched alkanes of at least 4 members (excludes halogenated alkanes) is 12. The molecule has 1 unspecified atom stereocenters. The van der Waals surface area contributed by atoms with Crippen LogP contribution >= 0.6 is 0 Å². The van der Waals surface area contributed by atoms with E-state index in [9.17, 15) is 9.59 Å². The zero-order chi connectivity index (χ0) is 19.0. The minimum Gasteiger partial charge on any atom is -0.355 e. The summed E-state index contributed by atoms with van der Waals surface area (Å²) in [5.74, 6) is -0.237. The van der Waals surface area contributed by atoms with E-state index in [1.54, 1.807) is 0 Å². The van der Waals surface area contributed by atoms with Crippen molar-refractivity contribution in [1.82, 2.24) is 5.32 Å². The maximum absolute atomic E-state index is 12.3. The first-order valence-corrected chi connectivity index (χ1v) is 11.2. The van der Waals surface area contributed by atoms with Crippen molar-refractivity contribution in [2.75, 3.05) is 6.54 Å². The van der Waals surface area contributed by atoms with E-state index in [2.05, 4.69) is 12.2 Å². The average Bonchev–Trinajstić information content (AvgIpc) is 2.80. The fraction of sp³-hybridized carbons (Fsp3) is 0.909. The van der Waals surface area contributed by atoms with Gasteiger partial charge in [0, 0.05) is 18.9 Å². The molecule has 1 aliphatic rings. The van der Waals surface area contributed by atoms with Crippen molar-refractivity contribution < 1.29 is 9.59 Å². The standard InChI is InChI=1S/C22H42N2O2/c1-2-3-4-5-6-7-8-9-10-11-12-13-14-17-20(25)19-16-15-18-24-22(26)21(19)23/h19,21H,2-18,23H2,1H3,(H,24,26)/t19?,21-/m1/s1. The van der Waals surface area contributed by atoms with Gasteiger partial charge in [0.15, 0.2) is 0 Å². The van der Waals surface area contributed by atoms with Crippen LogP contribution in [0, 0.1) is 5.92 Å². The van der Waals surface area contributed by atoms with Gasteiger partial charge >= 0.3 is 0 Å². The van der Waals surface area contributed by atoms with Gasteiger partial charge in [0.05, 0.1) is 6.04 Å². The Labute approximate surface area is 161 Å². The van der Waals surface area contributed by atoms with Crippen LogP contribution in [0.4, 0.5) is 0 Å². The Kier molecular flexibility index (Phi) is 13.5. The molecule has 0 aromatic rings. The van der Waals surface area contributed by atoms with Gasteiger partial charge in [0.1, 0.15) is 5.78 Å². The zero-order valence-electron chi connectivity index (χ0n) is 17.1. The Bertz CT molecular complexity index is 384. The largest absolute Gasteiger partial charge is 0.355 e. The van der Waals surface area contributed by atoms with Crippen molar-refractivity contribution in [3.05, 3.63) is 0 Å². The van der Waals surface area contributed by atoms with Gasteiger partial charge in [-0.05, 0) is 19.3 Å². The van der Waals surface area contributed by atoms with Crippen LogP contribution in [0.25, 0.3) is 0 Å². The molecule has 1 rings (SSSR count). The molecule has 0 saturated carbocycles. The van der Waals surface area contributed by atoms with E-state index in [0.29, 0.717) is 13.0 Å². The summed E-state index contributed by atoms with van der Waals surface area (Å²) >= 11 is 0. The van der Waals surface area contributed by atoms with Gasteiger partial charge in [-0.2, -0.15) is 0 Å². The fourth-order valence-corrected chi connectivity index (χ4v) is 3.88. The second-order valence-electron chi connectivity index (χ2n) is 8.02. The Morgan fingerprint density at radius 1 is 0.923 bits per heavy atom. The molecule has 0 aromatic heterocycles. The fourth-order valence-electron chi connectivity index (χ4n) is 3.88. The number of amides is 1. The highest BCUT2D eigenvalue weighted by molar-refractivity contribution is 5.91. The lowest BCUT2D eigenvalue weighted by atomic mass is 9.89. The molecule has 1 amide bonds. The first kappa shape index (κ1) is 23.1. The summed E-state index contributed by atoms with van der Waals surface area (Å²) in [6, 6.07) is -0.646. The van der Waals surface area contributed by atoms with E-state index in [-0.39, 0.29) is 17.6 Å². The lowest BCUT2D eigenvalue weighted by molar-refractivity contribution is -0.129. The van der Waals surface area contributed by atoms with Crippen molar-refractivity contribution in [1.29, 1.82) is 0 Å². The second-order valence-corrected chi connectivity index (χ2v) is 8.02. The monoisotopic (exact) mass is 366 g/mol. The highest BCUT2D eigenvalue weighted by Crippen LogP contribution is 2.19. The van der Waals surface area contributed by atoms with Crippen LogP contribution in [-0.2, 0) is 9.59 Å². The highest BCUT2D eigenvalue weighted by Gasteiger charge is 2.31. The molecule has 0 aliphatic carbocycles. The topological polar surface area (TPSA) is 72.2 Å². The van der Waals surface area contributed by atoms with Crippen molar-refractivity contribution >= 4 is 11.7 Å². The summed E-state index contributed by atoms with van der Waals surface area (Å²) < 4.78 is 0. The van der Waals surface area contributed by atoms with Crippen LogP contribution in [0.2, 0.25) is 0 Å². The molecule has 4 heteroatoms. The lowest BCUT2D eigenvalue weighted by Gasteiger charge is -2.18. The summed E-state index contributed by atoms with van der Waals surface area (Å²) in [4.78, 5) is 24.1. The number of carbonyl (C=O) groups excluding carboxylic acids is 2. The molecule has 26 heavy (non-hydrogen) atoms. The Hall–Kier alpha value is -0.900. The third kappa shape index (κ3) is 10.3. The van der Waals surface area contributed by atoms with E-state index in [0.717, 1.165) is 25.7 Å². The predicted molar refractivity (Wildman–Crippen MR) is 109 cm³/mol. The van der Waals surface area contributed by atoms with Crippen LogP contribution in [0.5, 0.6) is 0 Å². The van der Waals surface area contributed by atoms with Gasteiger partial charge in [0.2, 0.25) is 5.91 Å². The number of ketones is 1. The number of hydrogen-bond donors (Lipinski definition) is 2. The van der Waals surface area contributed by atoms with E-state index >= 15 is 0 Å². The van der Waals surface area contributed by atoms with Gasteiger partial charge in [-0.25, -0.2) is 0 Å². The number of Topliss-reactive ketones (excluding diaryl/α,β-unsaturated/α-hetero) is 1. The van der Waals surface area contributed by atoms with Gasteiger partial charge < -0.3 is 11.1 Å². The summed E-state index contributed by atoms with van der Waals surface area (Å²) in [5, 5.41) is 2.78. The SMILES string of the molecule is CCCCCCCCCCCCCCCC(=O)C1CCCNC(=O)[C@@H]1N. The third-order valence-electron chi connectivity index (χ3n) is 5.67. The number of nitrogens with two attached hydrogens (primary N) is 1. The Balaban J connectivity index is 1.93. The molecule has 1 saturated heterocycles. The van der Waals surface area contributed by atoms with Crippen molar-refractivity contribution in [3.8, 4) is 0 Å². The minimum atomic E-state index is -0.646. The number of rotatable bonds is 15. The normalized spacial score (nSPS) is 20.6. The molecule has 1 fully saturated rings. The molecule has 152 valence electrons. The first-order valence-electron chi connectivity index (χ1n) is 11.2. The average molecular weight is 367 g/mol. The Morgan fingerprint density at radius 3 is 1.96 bits per heavy atom. The van der Waals surface area contributed by atoms with Crippen LogP contribution in [0.3, 0.4) is 0 Å². The van der Waals surface area contributed by atoms with Crippen LogP contribution in [-0.4, -0.2) is 24.3 Å². The van der Waals surface area contributed by atoms with Gasteiger partial charge in [0.25, 0.3) is 0 Å². The quantitative estimate of drug-likeness (QED) is 0.405. The molecule has 0 radical (unpaired) electrons. The first-order chi connectivity index (χ1) is 12.7. The second kappa shape index (κ2) is 15.2. The van der Waals surface area contributed by atoms with E-state index in [1.807, 2.05) is 0 Å². The van der Waals surface area contributed by atoms with Crippen molar-refractivity contribution in [2.24, 2.45) is 11.7 Å². The van der Waals surface area contributed by atoms with Crippen LogP contribution in [0.1, 0.15) is 110 Å². The molecule has 1 heterocycles. The summed E-state index contributed by atoms with van der Waals surface area (Å²) in [6.45, 7) is 2.91. The van der Waals surface area contributed by atoms with Gasteiger partial charge in [-0.3, -0.25) is 9.59 Å². The van der Waals surface area contributed by atoms with Crippen LogP contribution in [0.15, 0.2) is 0 Å². The van der Waals surface area contributed by atoms with Gasteiger partial charge in [-0.15, -0.1) is 0 Å². The minimum absolute atomic E-state index is 0.161. The molecule has 2 atom stereocenters. The maximum Gasteiger partial charge on any atom is 0.237 e. The lowest BCUT2D eigenvalue weighted by Crippen LogP contribution is -2.45. The summed E-state index contributed by atoms with van der Waals surface area (Å²) in [6.07, 6.45) is 19.2. The third-order valence-corrected chi connectivity index (χ3v) is 5.67. The summed E-state index contributed by atoms with van der Waals surface area (Å²) in [7, 11) is 0. The molecular weight excluding hydrogens is 324 g/mol. The van der Waals surface area contributed by atoms with Crippen LogP contribution < -0.4 is 11.1 Å². The predicted octanol–water partition coefficient (Wildman–Crippen LogP) is 4.89. The molecular formula is C22H42N2O2. The van der Waals surface area contributed by atoms with E-state index in [4.69, 9.17) is 5.73 Å². The van der Waals surface area contributed by atoms with E-state index < -0.39 is 6.04 Å². The Morgan fingerprint density at radius 2 is 1.42 bits per heavy atom. The number of nitrogens with one attached hydrogen (secondary N) is 1. The maximum atomic E-state index is 12.3. The molecule has 0 spiro atoms. The molecule has 0 aromatic carbocycles. The van der Waals surface area contributed by atoms with Gasteiger partial charge in [-0.1, -0.05) is 84.0 Å². The van der Waals surface area contributed by atoms with Crippen molar-refractivity contribution in [3.63, 3.8) is 0 Å². The smallest absolute Gasteiger partial charge is 0.237 e. The zero-order valence-corrected chi connectivity index (χ0v) is 17.1. The highest BCUT2D eigenvalue weighted by atomic mass is 16.2. The van der Waals surface area contributed by atoms with E-state index in [1.165, 1.54) is 70.6 Å². The number of carbonyl (C=O) groups is 2. The molecule has 0 bridgehead atoms.